The van der Waals surface area contributed by atoms with Gasteiger partial charge in [0.15, 0.2) is 0 Å². The van der Waals surface area contributed by atoms with Crippen LogP contribution in [0.15, 0.2) is 24.3 Å². The van der Waals surface area contributed by atoms with Crippen LogP contribution in [0.25, 0.3) is 0 Å². The number of anilines is 1. The number of rotatable bonds is 4. The second-order valence-corrected chi connectivity index (χ2v) is 6.65. The summed E-state index contributed by atoms with van der Waals surface area (Å²) >= 11 is 0. The predicted octanol–water partition coefficient (Wildman–Crippen LogP) is 1.15. The third kappa shape index (κ3) is 4.72. The molecule has 6 heteroatoms. The van der Waals surface area contributed by atoms with Gasteiger partial charge in [-0.15, -0.1) is 0 Å². The molecule has 0 bridgehead atoms. The maximum Gasteiger partial charge on any atom is 0.223 e. The summed E-state index contributed by atoms with van der Waals surface area (Å²) in [6, 6.07) is 8.51. The minimum atomic E-state index is 0.0902. The number of ether oxygens (including phenoxy) is 1. The number of carbonyl (C=O) groups excluding carboxylic acids is 2. The van der Waals surface area contributed by atoms with Crippen molar-refractivity contribution in [3.63, 3.8) is 0 Å². The second kappa shape index (κ2) is 8.34. The molecule has 0 spiro atoms. The maximum absolute atomic E-state index is 12.4. The van der Waals surface area contributed by atoms with Crippen molar-refractivity contribution in [1.29, 1.82) is 0 Å². The van der Waals surface area contributed by atoms with E-state index in [0.29, 0.717) is 32.6 Å². The molecule has 2 aliphatic rings. The van der Waals surface area contributed by atoms with Crippen LogP contribution in [0.5, 0.6) is 0 Å². The Labute approximate surface area is 149 Å². The van der Waals surface area contributed by atoms with Gasteiger partial charge >= 0.3 is 0 Å². The van der Waals surface area contributed by atoms with Crippen LogP contribution in [-0.2, 0) is 20.7 Å². The number of amides is 2. The van der Waals surface area contributed by atoms with Gasteiger partial charge < -0.3 is 19.4 Å². The van der Waals surface area contributed by atoms with Crippen LogP contribution >= 0.6 is 0 Å². The van der Waals surface area contributed by atoms with Crippen molar-refractivity contribution in [2.45, 2.75) is 19.8 Å². The monoisotopic (exact) mass is 345 g/mol. The summed E-state index contributed by atoms with van der Waals surface area (Å²) in [7, 11) is 0. The van der Waals surface area contributed by atoms with Crippen molar-refractivity contribution in [3.05, 3.63) is 29.8 Å². The summed E-state index contributed by atoms with van der Waals surface area (Å²) in [6.45, 7) is 7.61. The van der Waals surface area contributed by atoms with E-state index < -0.39 is 0 Å². The summed E-state index contributed by atoms with van der Waals surface area (Å²) < 4.78 is 5.38. The molecule has 2 heterocycles. The summed E-state index contributed by atoms with van der Waals surface area (Å²) in [5.41, 5.74) is 2.41. The standard InChI is InChI=1S/C19H27N3O3/c1-16(23)20-8-10-22(11-9-20)19(24)7-4-17-2-5-18(6-3-17)21-12-14-25-15-13-21/h2-3,5-6H,4,7-15H2,1H3. The third-order valence-corrected chi connectivity index (χ3v) is 5.02. The van der Waals surface area contributed by atoms with E-state index >= 15 is 0 Å². The molecule has 0 radical (unpaired) electrons. The van der Waals surface area contributed by atoms with Gasteiger partial charge in [-0.1, -0.05) is 12.1 Å². The molecule has 0 saturated carbocycles. The Hall–Kier alpha value is -2.08. The summed E-state index contributed by atoms with van der Waals surface area (Å²) in [5.74, 6) is 0.271. The van der Waals surface area contributed by atoms with Crippen LogP contribution in [0.3, 0.4) is 0 Å². The highest BCUT2D eigenvalue weighted by atomic mass is 16.5. The lowest BCUT2D eigenvalue weighted by Crippen LogP contribution is -2.50. The fourth-order valence-corrected chi connectivity index (χ4v) is 3.38. The number of nitrogens with zero attached hydrogens (tertiary/aromatic N) is 3. The van der Waals surface area contributed by atoms with Crippen LogP contribution in [0.4, 0.5) is 5.69 Å². The van der Waals surface area contributed by atoms with E-state index in [2.05, 4.69) is 29.2 Å². The molecule has 0 N–H and O–H groups in total. The molecule has 2 saturated heterocycles. The lowest BCUT2D eigenvalue weighted by Gasteiger charge is -2.34. The van der Waals surface area contributed by atoms with Gasteiger partial charge in [0.25, 0.3) is 0 Å². The van der Waals surface area contributed by atoms with E-state index in [1.54, 1.807) is 11.8 Å². The van der Waals surface area contributed by atoms with E-state index in [1.165, 1.54) is 11.3 Å². The van der Waals surface area contributed by atoms with Crippen molar-refractivity contribution in [1.82, 2.24) is 9.80 Å². The van der Waals surface area contributed by atoms with Crippen molar-refractivity contribution >= 4 is 17.5 Å². The highest BCUT2D eigenvalue weighted by molar-refractivity contribution is 5.77. The van der Waals surface area contributed by atoms with Gasteiger partial charge in [-0.3, -0.25) is 9.59 Å². The number of morpholine rings is 1. The molecular formula is C19H27N3O3. The number of benzene rings is 1. The average molecular weight is 345 g/mol. The van der Waals surface area contributed by atoms with Crippen molar-refractivity contribution in [2.24, 2.45) is 0 Å². The Balaban J connectivity index is 1.45. The zero-order chi connectivity index (χ0) is 17.6. The SMILES string of the molecule is CC(=O)N1CCN(C(=O)CCc2ccc(N3CCOCC3)cc2)CC1. The van der Waals surface area contributed by atoms with Crippen LogP contribution in [0.2, 0.25) is 0 Å². The van der Waals surface area contributed by atoms with Crippen LogP contribution in [-0.4, -0.2) is 74.1 Å². The van der Waals surface area contributed by atoms with Crippen LogP contribution in [0.1, 0.15) is 18.9 Å². The molecule has 25 heavy (non-hydrogen) atoms. The minimum Gasteiger partial charge on any atom is -0.378 e. The van der Waals surface area contributed by atoms with Gasteiger partial charge in [-0.05, 0) is 24.1 Å². The first-order chi connectivity index (χ1) is 12.1. The molecule has 0 atom stereocenters. The first-order valence-corrected chi connectivity index (χ1v) is 9.08. The Morgan fingerprint density at radius 2 is 1.52 bits per heavy atom. The molecule has 6 nitrogen and oxygen atoms in total. The van der Waals surface area contributed by atoms with E-state index in [4.69, 9.17) is 4.74 Å². The lowest BCUT2D eigenvalue weighted by atomic mass is 10.1. The van der Waals surface area contributed by atoms with Crippen molar-refractivity contribution in [3.8, 4) is 0 Å². The van der Waals surface area contributed by atoms with Gasteiger partial charge in [-0.2, -0.15) is 0 Å². The molecule has 1 aromatic rings. The Morgan fingerprint density at radius 3 is 2.12 bits per heavy atom. The van der Waals surface area contributed by atoms with Gasteiger partial charge in [0.2, 0.25) is 11.8 Å². The Bertz CT molecular complexity index is 588. The highest BCUT2D eigenvalue weighted by Gasteiger charge is 2.22. The van der Waals surface area contributed by atoms with Gasteiger partial charge in [0, 0.05) is 58.3 Å². The summed E-state index contributed by atoms with van der Waals surface area (Å²) in [5, 5.41) is 0. The minimum absolute atomic E-state index is 0.0902. The largest absolute Gasteiger partial charge is 0.378 e. The van der Waals surface area contributed by atoms with Crippen molar-refractivity contribution < 1.29 is 14.3 Å². The molecule has 2 amide bonds. The van der Waals surface area contributed by atoms with E-state index in [1.807, 2.05) is 4.90 Å². The molecule has 1 aromatic carbocycles. The first kappa shape index (κ1) is 17.7. The molecule has 3 rings (SSSR count). The zero-order valence-corrected chi connectivity index (χ0v) is 14.9. The third-order valence-electron chi connectivity index (χ3n) is 5.02. The zero-order valence-electron chi connectivity index (χ0n) is 14.9. The molecule has 0 aliphatic carbocycles. The molecule has 0 aromatic heterocycles. The molecule has 0 unspecified atom stereocenters. The van der Waals surface area contributed by atoms with Crippen LogP contribution in [0, 0.1) is 0 Å². The Kier molecular flexibility index (Phi) is 5.91. The van der Waals surface area contributed by atoms with E-state index in [9.17, 15) is 9.59 Å². The van der Waals surface area contributed by atoms with E-state index in [0.717, 1.165) is 32.7 Å². The molecule has 2 fully saturated rings. The quantitative estimate of drug-likeness (QED) is 0.821. The van der Waals surface area contributed by atoms with Gasteiger partial charge in [-0.25, -0.2) is 0 Å². The molecule has 2 aliphatic heterocycles. The predicted molar refractivity (Wildman–Crippen MR) is 96.6 cm³/mol. The van der Waals surface area contributed by atoms with Gasteiger partial charge in [0.05, 0.1) is 13.2 Å². The number of piperazine rings is 1. The lowest BCUT2D eigenvalue weighted by molar-refractivity contribution is -0.138. The maximum atomic E-state index is 12.4. The first-order valence-electron chi connectivity index (χ1n) is 9.08. The normalized spacial score (nSPS) is 18.4. The Morgan fingerprint density at radius 1 is 0.920 bits per heavy atom. The van der Waals surface area contributed by atoms with Crippen molar-refractivity contribution in [2.75, 3.05) is 57.4 Å². The number of aryl methyl sites for hydroxylation is 1. The fraction of sp³-hybridized carbons (Fsp3) is 0.579. The number of hydrogen-bond acceptors (Lipinski definition) is 4. The smallest absolute Gasteiger partial charge is 0.223 e. The molecular weight excluding hydrogens is 318 g/mol. The highest BCUT2D eigenvalue weighted by Crippen LogP contribution is 2.17. The fourth-order valence-electron chi connectivity index (χ4n) is 3.38. The number of hydrogen-bond donors (Lipinski definition) is 0. The van der Waals surface area contributed by atoms with E-state index in [-0.39, 0.29) is 11.8 Å². The summed E-state index contributed by atoms with van der Waals surface area (Å²) in [4.78, 5) is 29.7. The summed E-state index contributed by atoms with van der Waals surface area (Å²) in [6.07, 6.45) is 1.28. The number of carbonyl (C=O) groups is 2. The van der Waals surface area contributed by atoms with Crippen LogP contribution < -0.4 is 4.90 Å². The average Bonchev–Trinajstić information content (AvgIpc) is 2.67. The topological polar surface area (TPSA) is 53.1 Å². The van der Waals surface area contributed by atoms with Gasteiger partial charge in [0.1, 0.15) is 0 Å². The second-order valence-electron chi connectivity index (χ2n) is 6.65. The molecule has 136 valence electrons.